The molecule has 1 aromatic rings. The van der Waals surface area contributed by atoms with Crippen molar-refractivity contribution in [3.8, 4) is 0 Å². The number of ether oxygens (including phenoxy) is 4. The highest BCUT2D eigenvalue weighted by molar-refractivity contribution is 8.24. The lowest BCUT2D eigenvalue weighted by Gasteiger charge is -2.36. The topological polar surface area (TPSA) is 74.3 Å². The summed E-state index contributed by atoms with van der Waals surface area (Å²) < 4.78 is 23.1. The van der Waals surface area contributed by atoms with Crippen molar-refractivity contribution in [2.45, 2.75) is 12.0 Å². The molecule has 4 rings (SSSR count). The van der Waals surface area contributed by atoms with Gasteiger partial charge in [0.1, 0.15) is 10.5 Å². The lowest BCUT2D eigenvalue weighted by atomic mass is 9.82. The smallest absolute Gasteiger partial charge is 0.345 e. The largest absolute Gasteiger partial charge is 0.466 e. The third-order valence-corrected chi connectivity index (χ3v) is 7.09. The van der Waals surface area contributed by atoms with Crippen LogP contribution in [-0.2, 0) is 34.1 Å². The number of nitrogens with zero attached hydrogens (tertiary/aromatic N) is 1. The second-order valence-electron chi connectivity index (χ2n) is 6.32. The first-order valence-corrected chi connectivity index (χ1v) is 11.0. The van der Waals surface area contributed by atoms with Crippen molar-refractivity contribution in [3.63, 3.8) is 0 Å². The van der Waals surface area contributed by atoms with Crippen LogP contribution in [0.5, 0.6) is 0 Å². The molecule has 1 saturated heterocycles. The zero-order valence-electron chi connectivity index (χ0n) is 16.5. The van der Waals surface area contributed by atoms with Crippen LogP contribution in [-0.4, -0.2) is 43.7 Å². The molecule has 156 valence electrons. The van der Waals surface area contributed by atoms with Gasteiger partial charge in [-0.15, -0.1) is 11.8 Å². The summed E-state index contributed by atoms with van der Waals surface area (Å²) >= 11 is 2.61. The summed E-state index contributed by atoms with van der Waals surface area (Å²) in [6, 6.07) is 9.25. The third kappa shape index (κ3) is 3.05. The van der Waals surface area contributed by atoms with E-state index < -0.39 is 24.0 Å². The monoisotopic (exact) mass is 445 g/mol. The van der Waals surface area contributed by atoms with Crippen LogP contribution in [0.2, 0.25) is 0 Å². The molecule has 0 unspecified atom stereocenters. The van der Waals surface area contributed by atoms with Crippen LogP contribution in [0.15, 0.2) is 75.4 Å². The Balaban J connectivity index is 2.07. The van der Waals surface area contributed by atoms with Gasteiger partial charge in [-0.05, 0) is 24.0 Å². The SMILES string of the molecule is COC(=O)C1=C(C(=O)OC)[C@]2(c3ccccc3)O[C@H]3OC=CC=CN3C2=C(SC)S1. The molecule has 3 aliphatic rings. The molecule has 1 aromatic carbocycles. The number of rotatable bonds is 4. The van der Waals surface area contributed by atoms with Gasteiger partial charge in [0.2, 0.25) is 0 Å². The molecule has 9 heteroatoms. The Labute approximate surface area is 182 Å². The van der Waals surface area contributed by atoms with Crippen molar-refractivity contribution in [1.82, 2.24) is 4.90 Å². The molecular weight excluding hydrogens is 426 g/mol. The highest BCUT2D eigenvalue weighted by atomic mass is 32.2. The number of hydrogen-bond donors (Lipinski definition) is 0. The average Bonchev–Trinajstić information content (AvgIpc) is 2.95. The van der Waals surface area contributed by atoms with Gasteiger partial charge in [-0.1, -0.05) is 42.1 Å². The number of esters is 2. The maximum Gasteiger partial charge on any atom is 0.345 e. The van der Waals surface area contributed by atoms with E-state index in [-0.39, 0.29) is 10.5 Å². The molecular formula is C21H19NO6S2. The molecule has 2 atom stereocenters. The van der Waals surface area contributed by atoms with Crippen molar-refractivity contribution in [2.75, 3.05) is 20.5 Å². The number of carbonyl (C=O) groups excluding carboxylic acids is 2. The summed E-state index contributed by atoms with van der Waals surface area (Å²) in [7, 11) is 2.55. The third-order valence-electron chi connectivity index (χ3n) is 4.82. The number of methoxy groups -OCH3 is 2. The molecule has 0 spiro atoms. The molecule has 3 aliphatic heterocycles. The summed E-state index contributed by atoms with van der Waals surface area (Å²) in [5.41, 5.74) is 0.00332. The van der Waals surface area contributed by atoms with Crippen molar-refractivity contribution < 1.29 is 28.5 Å². The van der Waals surface area contributed by atoms with Crippen LogP contribution in [0.4, 0.5) is 0 Å². The van der Waals surface area contributed by atoms with Gasteiger partial charge in [0.25, 0.3) is 6.41 Å². The molecule has 30 heavy (non-hydrogen) atoms. The van der Waals surface area contributed by atoms with Gasteiger partial charge >= 0.3 is 11.9 Å². The molecule has 0 aliphatic carbocycles. The van der Waals surface area contributed by atoms with E-state index in [9.17, 15) is 9.59 Å². The predicted octanol–water partition coefficient (Wildman–Crippen LogP) is 3.43. The van der Waals surface area contributed by atoms with Crippen molar-refractivity contribution >= 4 is 35.5 Å². The van der Waals surface area contributed by atoms with Gasteiger partial charge in [-0.2, -0.15) is 0 Å². The van der Waals surface area contributed by atoms with Crippen molar-refractivity contribution in [3.05, 3.63) is 80.9 Å². The first kappa shape index (κ1) is 20.6. The Hall–Kier alpha value is -2.62. The fourth-order valence-electron chi connectivity index (χ4n) is 3.60. The first-order chi connectivity index (χ1) is 14.6. The number of thioether (sulfide) groups is 2. The van der Waals surface area contributed by atoms with E-state index in [2.05, 4.69) is 0 Å². The number of fused-ring (bicyclic) bond motifs is 3. The fraction of sp³-hybridized carbons (Fsp3) is 0.238. The number of carbonyl (C=O) groups is 2. The normalized spacial score (nSPS) is 24.8. The van der Waals surface area contributed by atoms with Crippen LogP contribution < -0.4 is 0 Å². The molecule has 0 radical (unpaired) electrons. The van der Waals surface area contributed by atoms with Crippen LogP contribution in [0, 0.1) is 0 Å². The van der Waals surface area contributed by atoms with E-state index in [1.165, 1.54) is 32.2 Å². The molecule has 1 fully saturated rings. The second kappa shape index (κ2) is 8.25. The van der Waals surface area contributed by atoms with Gasteiger partial charge in [0, 0.05) is 6.20 Å². The van der Waals surface area contributed by atoms with E-state index in [1.807, 2.05) is 53.8 Å². The Morgan fingerprint density at radius 1 is 1.13 bits per heavy atom. The Bertz CT molecular complexity index is 1000. The van der Waals surface area contributed by atoms with E-state index >= 15 is 0 Å². The molecule has 0 bridgehead atoms. The molecule has 0 N–H and O–H groups in total. The molecule has 0 amide bonds. The van der Waals surface area contributed by atoms with E-state index in [4.69, 9.17) is 18.9 Å². The second-order valence-corrected chi connectivity index (χ2v) is 8.41. The van der Waals surface area contributed by atoms with Crippen LogP contribution in [0.25, 0.3) is 0 Å². The molecule has 0 saturated carbocycles. The summed E-state index contributed by atoms with van der Waals surface area (Å²) in [6.45, 7) is 0. The minimum Gasteiger partial charge on any atom is -0.466 e. The highest BCUT2D eigenvalue weighted by Gasteiger charge is 2.61. The molecule has 3 heterocycles. The Morgan fingerprint density at radius 3 is 2.53 bits per heavy atom. The quantitative estimate of drug-likeness (QED) is 0.648. The maximum atomic E-state index is 13.1. The zero-order chi connectivity index (χ0) is 21.3. The van der Waals surface area contributed by atoms with Crippen molar-refractivity contribution in [2.24, 2.45) is 0 Å². The van der Waals surface area contributed by atoms with Gasteiger partial charge in [0.15, 0.2) is 5.60 Å². The average molecular weight is 446 g/mol. The molecule has 0 aromatic heterocycles. The minimum atomic E-state index is -1.42. The highest BCUT2D eigenvalue weighted by Crippen LogP contribution is 2.59. The van der Waals surface area contributed by atoms with Crippen molar-refractivity contribution in [1.29, 1.82) is 0 Å². The summed E-state index contributed by atoms with van der Waals surface area (Å²) in [4.78, 5) is 27.8. The Kier molecular flexibility index (Phi) is 5.68. The first-order valence-electron chi connectivity index (χ1n) is 8.97. The van der Waals surface area contributed by atoms with Crippen LogP contribution >= 0.6 is 23.5 Å². The summed E-state index contributed by atoms with van der Waals surface area (Å²) in [6.07, 6.45) is 7.97. The lowest BCUT2D eigenvalue weighted by molar-refractivity contribution is -0.170. The lowest BCUT2D eigenvalue weighted by Crippen LogP contribution is -2.39. The van der Waals surface area contributed by atoms with Gasteiger partial charge < -0.3 is 18.9 Å². The van der Waals surface area contributed by atoms with E-state index in [0.717, 1.165) is 16.0 Å². The number of allylic oxidation sites excluding steroid dienone is 2. The summed E-state index contributed by atoms with van der Waals surface area (Å²) in [5.74, 6) is -1.31. The maximum absolute atomic E-state index is 13.1. The van der Waals surface area contributed by atoms with E-state index in [1.54, 1.807) is 6.08 Å². The predicted molar refractivity (Wildman–Crippen MR) is 113 cm³/mol. The van der Waals surface area contributed by atoms with E-state index in [0.29, 0.717) is 11.3 Å². The Morgan fingerprint density at radius 2 is 1.87 bits per heavy atom. The van der Waals surface area contributed by atoms with Gasteiger partial charge in [0.05, 0.1) is 30.4 Å². The number of hydrogen-bond acceptors (Lipinski definition) is 9. The van der Waals surface area contributed by atoms with Gasteiger partial charge in [-0.25, -0.2) is 9.59 Å². The summed E-state index contributed by atoms with van der Waals surface area (Å²) in [5, 5.41) is 0. The fourth-order valence-corrected chi connectivity index (χ4v) is 5.66. The number of benzene rings is 1. The van der Waals surface area contributed by atoms with Crippen LogP contribution in [0.3, 0.4) is 0 Å². The molecule has 7 nitrogen and oxygen atoms in total. The zero-order valence-corrected chi connectivity index (χ0v) is 18.1. The van der Waals surface area contributed by atoms with Gasteiger partial charge in [-0.3, -0.25) is 4.90 Å². The minimum absolute atomic E-state index is 0.0647. The standard InChI is InChI=1S/C21H19NO6S2/c1-25-17(23)14-15(18(24)26-2)30-19(29-3)16-21(14,13-9-5-4-6-10-13)28-20-22(16)11-7-8-12-27-20/h4-12,20H,1-3H3/t20-,21+/m1/s1. The van der Waals surface area contributed by atoms with Crippen LogP contribution in [0.1, 0.15) is 5.56 Å².